The molecule has 39 heavy (non-hydrogen) atoms. The highest BCUT2D eigenvalue weighted by atomic mass is 79.9. The molecule has 0 aliphatic heterocycles. The molecule has 0 spiro atoms. The second-order valence-corrected chi connectivity index (χ2v) is 11.8. The summed E-state index contributed by atoms with van der Waals surface area (Å²) in [6, 6.07) is 30.6. The molecule has 1 unspecified atom stereocenters. The van der Waals surface area contributed by atoms with Crippen LogP contribution in [-0.2, 0) is 0 Å². The predicted molar refractivity (Wildman–Crippen MR) is 171 cm³/mol. The van der Waals surface area contributed by atoms with Crippen LogP contribution in [0, 0.1) is 0 Å². The Balaban J connectivity index is 1.49. The number of halogens is 2. The third-order valence-electron chi connectivity index (χ3n) is 7.15. The Labute approximate surface area is 250 Å². The molecule has 204 valence electrons. The average Bonchev–Trinajstić information content (AvgIpc) is 2.97. The second kappa shape index (κ2) is 15.4. The van der Waals surface area contributed by atoms with Gasteiger partial charge in [-0.15, -0.1) is 0 Å². The summed E-state index contributed by atoms with van der Waals surface area (Å²) >= 11 is 7.30. The largest absolute Gasteiger partial charge is 0.494 e. The van der Waals surface area contributed by atoms with Gasteiger partial charge in [0, 0.05) is 14.5 Å². The minimum absolute atomic E-state index is 0.732. The summed E-state index contributed by atoms with van der Waals surface area (Å²) in [6.45, 7) is 2.99. The molecule has 0 radical (unpaired) electrons. The van der Waals surface area contributed by atoms with Gasteiger partial charge in [0.25, 0.3) is 0 Å². The summed E-state index contributed by atoms with van der Waals surface area (Å²) in [6.07, 6.45) is 9.49. The molecule has 0 saturated carbocycles. The third-order valence-corrected chi connectivity index (χ3v) is 8.37. The smallest absolute Gasteiger partial charge is 0.119 e. The molecule has 0 aromatic heterocycles. The first-order valence-electron chi connectivity index (χ1n) is 14.1. The fourth-order valence-corrected chi connectivity index (χ4v) is 5.80. The summed E-state index contributed by atoms with van der Waals surface area (Å²) in [4.78, 5) is 0. The van der Waals surface area contributed by atoms with E-state index < -0.39 is 6.10 Å². The van der Waals surface area contributed by atoms with Gasteiger partial charge in [0.05, 0.1) is 6.61 Å². The Morgan fingerprint density at radius 3 is 1.97 bits per heavy atom. The molecule has 4 rings (SSSR count). The van der Waals surface area contributed by atoms with Crippen LogP contribution in [0.3, 0.4) is 0 Å². The van der Waals surface area contributed by atoms with Gasteiger partial charge in [-0.3, -0.25) is 0 Å². The van der Waals surface area contributed by atoms with E-state index >= 15 is 0 Å². The highest BCUT2D eigenvalue weighted by Gasteiger charge is 2.22. The van der Waals surface area contributed by atoms with Crippen molar-refractivity contribution in [3.63, 3.8) is 0 Å². The number of aliphatic hydroxyl groups excluding tert-OH is 1. The lowest BCUT2D eigenvalue weighted by Gasteiger charge is -2.22. The zero-order valence-electron chi connectivity index (χ0n) is 22.7. The first-order chi connectivity index (χ1) is 19.1. The molecule has 4 heteroatoms. The predicted octanol–water partition coefficient (Wildman–Crippen LogP) is 11.1. The monoisotopic (exact) mass is 648 g/mol. The van der Waals surface area contributed by atoms with E-state index in [-0.39, 0.29) is 0 Å². The van der Waals surface area contributed by atoms with E-state index in [1.807, 2.05) is 48.5 Å². The summed E-state index contributed by atoms with van der Waals surface area (Å²) in [7, 11) is 0. The zero-order valence-corrected chi connectivity index (χ0v) is 25.9. The van der Waals surface area contributed by atoms with Gasteiger partial charge in [0.1, 0.15) is 11.9 Å². The first-order valence-corrected chi connectivity index (χ1v) is 15.7. The van der Waals surface area contributed by atoms with Crippen molar-refractivity contribution in [2.45, 2.75) is 64.4 Å². The van der Waals surface area contributed by atoms with Gasteiger partial charge >= 0.3 is 0 Å². The Morgan fingerprint density at radius 1 is 0.667 bits per heavy atom. The van der Waals surface area contributed by atoms with Crippen LogP contribution in [0.25, 0.3) is 22.3 Å². The SMILES string of the molecule is CCCCCCCCCCOc1ccc(C(O)c2c(Br)ccc(-c3ccc(Br)cc3)c2-c2ccccc2)cc1. The fraction of sp³-hybridized carbons (Fsp3) is 0.314. The summed E-state index contributed by atoms with van der Waals surface area (Å²) < 4.78 is 7.92. The van der Waals surface area contributed by atoms with Crippen LogP contribution in [0.2, 0.25) is 0 Å². The molecule has 0 amide bonds. The minimum Gasteiger partial charge on any atom is -0.494 e. The number of rotatable bonds is 14. The first kappa shape index (κ1) is 29.6. The van der Waals surface area contributed by atoms with E-state index in [4.69, 9.17) is 4.74 Å². The van der Waals surface area contributed by atoms with Crippen LogP contribution in [0.5, 0.6) is 5.75 Å². The van der Waals surface area contributed by atoms with Gasteiger partial charge < -0.3 is 9.84 Å². The maximum Gasteiger partial charge on any atom is 0.119 e. The number of hydrogen-bond donors (Lipinski definition) is 1. The van der Waals surface area contributed by atoms with Crippen LogP contribution in [0.15, 0.2) is 99.9 Å². The van der Waals surface area contributed by atoms with Gasteiger partial charge in [0.2, 0.25) is 0 Å². The zero-order chi connectivity index (χ0) is 27.5. The number of aliphatic hydroxyl groups is 1. The van der Waals surface area contributed by atoms with Crippen molar-refractivity contribution in [3.05, 3.63) is 111 Å². The van der Waals surface area contributed by atoms with Crippen molar-refractivity contribution in [1.82, 2.24) is 0 Å². The Bertz CT molecular complexity index is 1290. The number of hydrogen-bond acceptors (Lipinski definition) is 2. The minimum atomic E-state index is -0.799. The van der Waals surface area contributed by atoms with Crippen LogP contribution < -0.4 is 4.74 Å². The molecule has 1 N–H and O–H groups in total. The van der Waals surface area contributed by atoms with Crippen molar-refractivity contribution in [3.8, 4) is 28.0 Å². The molecule has 0 aliphatic carbocycles. The third kappa shape index (κ3) is 8.30. The Morgan fingerprint density at radius 2 is 1.31 bits per heavy atom. The van der Waals surface area contributed by atoms with Crippen LogP contribution in [0.4, 0.5) is 0 Å². The van der Waals surface area contributed by atoms with Crippen LogP contribution in [0.1, 0.15) is 75.5 Å². The molecule has 4 aromatic carbocycles. The van der Waals surface area contributed by atoms with Crippen molar-refractivity contribution in [2.75, 3.05) is 6.61 Å². The van der Waals surface area contributed by atoms with Crippen LogP contribution >= 0.6 is 31.9 Å². The molecular formula is C35H38Br2O2. The molecule has 0 saturated heterocycles. The molecule has 4 aromatic rings. The van der Waals surface area contributed by atoms with Gasteiger partial charge in [-0.05, 0) is 64.6 Å². The van der Waals surface area contributed by atoms with E-state index in [0.717, 1.165) is 61.1 Å². The van der Waals surface area contributed by atoms with Gasteiger partial charge in [-0.1, -0.05) is 144 Å². The fourth-order valence-electron chi connectivity index (χ4n) is 4.99. The lowest BCUT2D eigenvalue weighted by atomic mass is 9.87. The molecule has 1 atom stereocenters. The molecule has 0 fully saturated rings. The lowest BCUT2D eigenvalue weighted by molar-refractivity contribution is 0.220. The molecular weight excluding hydrogens is 612 g/mol. The summed E-state index contributed by atoms with van der Waals surface area (Å²) in [5.74, 6) is 0.847. The summed E-state index contributed by atoms with van der Waals surface area (Å²) in [5.41, 5.74) is 5.96. The van der Waals surface area contributed by atoms with E-state index in [2.05, 4.69) is 81.2 Å². The van der Waals surface area contributed by atoms with Gasteiger partial charge in [-0.25, -0.2) is 0 Å². The van der Waals surface area contributed by atoms with E-state index in [0.29, 0.717) is 0 Å². The van der Waals surface area contributed by atoms with Crippen molar-refractivity contribution in [1.29, 1.82) is 0 Å². The van der Waals surface area contributed by atoms with E-state index in [9.17, 15) is 5.11 Å². The maximum atomic E-state index is 11.7. The maximum absolute atomic E-state index is 11.7. The normalized spacial score (nSPS) is 11.9. The quantitative estimate of drug-likeness (QED) is 0.138. The number of benzene rings is 4. The Kier molecular flexibility index (Phi) is 11.7. The molecule has 2 nitrogen and oxygen atoms in total. The van der Waals surface area contributed by atoms with E-state index in [1.165, 1.54) is 44.9 Å². The van der Waals surface area contributed by atoms with Crippen molar-refractivity contribution >= 4 is 31.9 Å². The molecule has 0 heterocycles. The van der Waals surface area contributed by atoms with Gasteiger partial charge in [-0.2, -0.15) is 0 Å². The second-order valence-electron chi connectivity index (χ2n) is 10.1. The van der Waals surface area contributed by atoms with E-state index in [1.54, 1.807) is 0 Å². The molecule has 0 bridgehead atoms. The van der Waals surface area contributed by atoms with Gasteiger partial charge in [0.15, 0.2) is 0 Å². The highest BCUT2D eigenvalue weighted by Crippen LogP contribution is 2.43. The topological polar surface area (TPSA) is 29.5 Å². The highest BCUT2D eigenvalue weighted by molar-refractivity contribution is 9.10. The van der Waals surface area contributed by atoms with Crippen molar-refractivity contribution < 1.29 is 9.84 Å². The average molecular weight is 650 g/mol. The van der Waals surface area contributed by atoms with Crippen LogP contribution in [-0.4, -0.2) is 11.7 Å². The van der Waals surface area contributed by atoms with Crippen molar-refractivity contribution in [2.24, 2.45) is 0 Å². The number of ether oxygens (including phenoxy) is 1. The molecule has 0 aliphatic rings. The number of unbranched alkanes of at least 4 members (excludes halogenated alkanes) is 7. The summed E-state index contributed by atoms with van der Waals surface area (Å²) in [5, 5.41) is 11.7. The Hall–Kier alpha value is -2.40. The lowest BCUT2D eigenvalue weighted by Crippen LogP contribution is -2.05. The standard InChI is InChI=1S/C35H38Br2O2/c1-2-3-4-5-6-7-8-12-25-39-30-21-17-28(18-22-30)35(38)34-32(37)24-23-31(26-15-19-29(36)20-16-26)33(34)27-13-10-9-11-14-27/h9-11,13-24,35,38H,2-8,12,25H2,1H3.